The second-order valence-electron chi connectivity index (χ2n) is 5.98. The summed E-state index contributed by atoms with van der Waals surface area (Å²) in [5.74, 6) is 0. The Labute approximate surface area is 128 Å². The Balaban J connectivity index is 1.86. The van der Waals surface area contributed by atoms with Crippen LogP contribution in [0, 0.1) is 13.8 Å². The van der Waals surface area contributed by atoms with E-state index in [4.69, 9.17) is 5.73 Å². The summed E-state index contributed by atoms with van der Waals surface area (Å²) in [6, 6.07) is 17.2. The summed E-state index contributed by atoms with van der Waals surface area (Å²) < 4.78 is 0. The predicted octanol–water partition coefficient (Wildman–Crippen LogP) is 3.83. The third-order valence-corrected chi connectivity index (χ3v) is 3.94. The number of aryl methyl sites for hydroxylation is 2. The van der Waals surface area contributed by atoms with Crippen LogP contribution in [0.2, 0.25) is 0 Å². The van der Waals surface area contributed by atoms with Crippen molar-refractivity contribution >= 4 is 0 Å². The monoisotopic (exact) mass is 282 g/mol. The van der Waals surface area contributed by atoms with Crippen molar-refractivity contribution in [2.75, 3.05) is 13.6 Å². The van der Waals surface area contributed by atoms with Crippen LogP contribution in [0.5, 0.6) is 0 Å². The van der Waals surface area contributed by atoms with E-state index in [1.54, 1.807) is 0 Å². The van der Waals surface area contributed by atoms with Crippen LogP contribution in [-0.4, -0.2) is 18.5 Å². The van der Waals surface area contributed by atoms with Gasteiger partial charge in [-0.25, -0.2) is 0 Å². The molecule has 2 aromatic carbocycles. The molecule has 0 radical (unpaired) electrons. The minimum atomic E-state index is 0.117. The number of rotatable bonds is 6. The standard InChI is InChI=1S/C19H26N2/c1-15-7-6-9-17(13-15)14-21(3)12-11-19(20)18-10-5-4-8-16(18)2/h4-10,13,19H,11-12,14,20H2,1-3H3. The lowest BCUT2D eigenvalue weighted by Gasteiger charge is -2.20. The molecule has 2 N–H and O–H groups in total. The van der Waals surface area contributed by atoms with Crippen LogP contribution in [0.25, 0.3) is 0 Å². The van der Waals surface area contributed by atoms with Gasteiger partial charge in [0.05, 0.1) is 0 Å². The molecule has 0 aromatic heterocycles. The third kappa shape index (κ3) is 4.69. The summed E-state index contributed by atoms with van der Waals surface area (Å²) in [5, 5.41) is 0. The maximum absolute atomic E-state index is 6.33. The third-order valence-electron chi connectivity index (χ3n) is 3.94. The fourth-order valence-corrected chi connectivity index (χ4v) is 2.72. The van der Waals surface area contributed by atoms with Crippen LogP contribution < -0.4 is 5.73 Å². The van der Waals surface area contributed by atoms with Gasteiger partial charge in [-0.1, -0.05) is 54.1 Å². The second kappa shape index (κ2) is 7.39. The van der Waals surface area contributed by atoms with E-state index in [1.165, 1.54) is 22.3 Å². The van der Waals surface area contributed by atoms with Crippen molar-refractivity contribution in [3.05, 3.63) is 70.8 Å². The van der Waals surface area contributed by atoms with Crippen molar-refractivity contribution in [3.63, 3.8) is 0 Å². The van der Waals surface area contributed by atoms with Gasteiger partial charge in [-0.3, -0.25) is 0 Å². The minimum Gasteiger partial charge on any atom is -0.324 e. The van der Waals surface area contributed by atoms with E-state index >= 15 is 0 Å². The average molecular weight is 282 g/mol. The fraction of sp³-hybridized carbons (Fsp3) is 0.368. The molecule has 0 fully saturated rings. The molecule has 1 unspecified atom stereocenters. The summed E-state index contributed by atoms with van der Waals surface area (Å²) in [6.07, 6.45) is 0.979. The molecule has 0 aliphatic carbocycles. The topological polar surface area (TPSA) is 29.3 Å². The first kappa shape index (κ1) is 15.7. The Bertz CT molecular complexity index is 577. The van der Waals surface area contributed by atoms with Crippen molar-refractivity contribution in [1.82, 2.24) is 4.90 Å². The largest absolute Gasteiger partial charge is 0.324 e. The number of nitrogens with zero attached hydrogens (tertiary/aromatic N) is 1. The van der Waals surface area contributed by atoms with E-state index in [1.807, 2.05) is 0 Å². The van der Waals surface area contributed by atoms with Gasteiger partial charge in [0.25, 0.3) is 0 Å². The van der Waals surface area contributed by atoms with Gasteiger partial charge >= 0.3 is 0 Å². The van der Waals surface area contributed by atoms with Crippen molar-refractivity contribution < 1.29 is 0 Å². The summed E-state index contributed by atoms with van der Waals surface area (Å²) in [4.78, 5) is 2.34. The van der Waals surface area contributed by atoms with Crippen molar-refractivity contribution in [1.29, 1.82) is 0 Å². The molecular formula is C19H26N2. The highest BCUT2D eigenvalue weighted by Crippen LogP contribution is 2.18. The van der Waals surface area contributed by atoms with E-state index in [0.717, 1.165) is 19.5 Å². The number of benzene rings is 2. The molecule has 0 spiro atoms. The van der Waals surface area contributed by atoms with Crippen LogP contribution in [-0.2, 0) is 6.54 Å². The molecule has 2 heteroatoms. The zero-order valence-corrected chi connectivity index (χ0v) is 13.3. The Kier molecular flexibility index (Phi) is 5.54. The van der Waals surface area contributed by atoms with Crippen LogP contribution in [0.4, 0.5) is 0 Å². The van der Waals surface area contributed by atoms with Gasteiger partial charge in [-0.05, 0) is 50.6 Å². The maximum atomic E-state index is 6.33. The van der Waals surface area contributed by atoms with Gasteiger partial charge in [0.2, 0.25) is 0 Å². The first-order chi connectivity index (χ1) is 10.1. The molecule has 0 aliphatic heterocycles. The van der Waals surface area contributed by atoms with E-state index in [9.17, 15) is 0 Å². The SMILES string of the molecule is Cc1cccc(CN(C)CCC(N)c2ccccc2C)c1. The van der Waals surface area contributed by atoms with Crippen molar-refractivity contribution in [2.24, 2.45) is 5.73 Å². The van der Waals surface area contributed by atoms with Crippen molar-refractivity contribution in [3.8, 4) is 0 Å². The van der Waals surface area contributed by atoms with Gasteiger partial charge in [0.15, 0.2) is 0 Å². The van der Waals surface area contributed by atoms with Gasteiger partial charge in [0.1, 0.15) is 0 Å². The smallest absolute Gasteiger partial charge is 0.0309 e. The summed E-state index contributed by atoms with van der Waals surface area (Å²) >= 11 is 0. The molecule has 0 amide bonds. The van der Waals surface area contributed by atoms with E-state index in [-0.39, 0.29) is 6.04 Å². The Hall–Kier alpha value is -1.64. The molecule has 0 saturated carbocycles. The van der Waals surface area contributed by atoms with E-state index < -0.39 is 0 Å². The van der Waals surface area contributed by atoms with Crippen LogP contribution in [0.15, 0.2) is 48.5 Å². The number of hydrogen-bond acceptors (Lipinski definition) is 2. The molecule has 112 valence electrons. The van der Waals surface area contributed by atoms with E-state index in [2.05, 4.69) is 74.3 Å². The van der Waals surface area contributed by atoms with Crippen molar-refractivity contribution in [2.45, 2.75) is 32.9 Å². The molecule has 1 atom stereocenters. The lowest BCUT2D eigenvalue weighted by atomic mass is 9.99. The van der Waals surface area contributed by atoms with Gasteiger partial charge < -0.3 is 10.6 Å². The Morgan fingerprint density at radius 1 is 1.05 bits per heavy atom. The minimum absolute atomic E-state index is 0.117. The Morgan fingerprint density at radius 3 is 2.52 bits per heavy atom. The molecule has 2 rings (SSSR count). The maximum Gasteiger partial charge on any atom is 0.0309 e. The lowest BCUT2D eigenvalue weighted by Crippen LogP contribution is -2.23. The molecule has 0 bridgehead atoms. The normalized spacial score (nSPS) is 12.6. The first-order valence-electron chi connectivity index (χ1n) is 7.61. The molecule has 2 aromatic rings. The number of nitrogens with two attached hydrogens (primary N) is 1. The molecular weight excluding hydrogens is 256 g/mol. The average Bonchev–Trinajstić information content (AvgIpc) is 2.45. The molecule has 0 heterocycles. The quantitative estimate of drug-likeness (QED) is 0.872. The highest BCUT2D eigenvalue weighted by Gasteiger charge is 2.10. The summed E-state index contributed by atoms with van der Waals surface area (Å²) in [7, 11) is 2.16. The highest BCUT2D eigenvalue weighted by atomic mass is 15.1. The van der Waals surface area contributed by atoms with E-state index in [0.29, 0.717) is 0 Å². The molecule has 0 saturated heterocycles. The van der Waals surface area contributed by atoms with Crippen LogP contribution in [0.3, 0.4) is 0 Å². The van der Waals surface area contributed by atoms with Crippen LogP contribution >= 0.6 is 0 Å². The lowest BCUT2D eigenvalue weighted by molar-refractivity contribution is 0.311. The highest BCUT2D eigenvalue weighted by molar-refractivity contribution is 5.28. The molecule has 21 heavy (non-hydrogen) atoms. The second-order valence-corrected chi connectivity index (χ2v) is 5.98. The van der Waals surface area contributed by atoms with Crippen LogP contribution in [0.1, 0.15) is 34.7 Å². The zero-order chi connectivity index (χ0) is 15.2. The summed E-state index contributed by atoms with van der Waals surface area (Å²) in [5.41, 5.74) is 11.6. The zero-order valence-electron chi connectivity index (χ0n) is 13.3. The summed E-state index contributed by atoms with van der Waals surface area (Å²) in [6.45, 7) is 6.24. The molecule has 2 nitrogen and oxygen atoms in total. The van der Waals surface area contributed by atoms with Gasteiger partial charge in [0, 0.05) is 12.6 Å². The fourth-order valence-electron chi connectivity index (χ4n) is 2.72. The van der Waals surface area contributed by atoms with Gasteiger partial charge in [-0.2, -0.15) is 0 Å². The first-order valence-corrected chi connectivity index (χ1v) is 7.61. The molecule has 0 aliphatic rings. The number of hydrogen-bond donors (Lipinski definition) is 1. The van der Waals surface area contributed by atoms with Gasteiger partial charge in [-0.15, -0.1) is 0 Å². The predicted molar refractivity (Wildman–Crippen MR) is 90.2 cm³/mol. The Morgan fingerprint density at radius 2 is 1.81 bits per heavy atom.